The minimum atomic E-state index is -2.63. The number of hydrogen-bond donors (Lipinski definition) is 1. The minimum absolute atomic E-state index is 0.0422. The Morgan fingerprint density at radius 2 is 1.88 bits per heavy atom. The largest absolute Gasteiger partial charge is 0.382 e. The summed E-state index contributed by atoms with van der Waals surface area (Å²) >= 11 is 6.07. The normalized spacial score (nSPS) is 12.2. The Morgan fingerprint density at radius 3 is 2.55 bits per heavy atom. The van der Waals surface area contributed by atoms with E-state index in [9.17, 15) is 13.6 Å². The van der Waals surface area contributed by atoms with E-state index in [0.29, 0.717) is 22.6 Å². The zero-order valence-electron chi connectivity index (χ0n) is 17.4. The number of nitrogen functional groups attached to an aromatic ring is 1. The van der Waals surface area contributed by atoms with E-state index in [4.69, 9.17) is 17.3 Å². The van der Waals surface area contributed by atoms with Gasteiger partial charge in [-0.3, -0.25) is 9.78 Å². The Morgan fingerprint density at radius 1 is 1.12 bits per heavy atom. The number of nitrogens with zero attached hydrogens (tertiary/aromatic N) is 6. The number of aromatic nitrogens is 5. The molecule has 0 aromatic carbocycles. The first-order valence-corrected chi connectivity index (χ1v) is 10.2. The van der Waals surface area contributed by atoms with Crippen LogP contribution < -0.4 is 5.73 Å². The van der Waals surface area contributed by atoms with Crippen molar-refractivity contribution in [3.63, 3.8) is 0 Å². The molecule has 0 bridgehead atoms. The number of alkyl halides is 2. The zero-order valence-corrected chi connectivity index (χ0v) is 18.1. The van der Waals surface area contributed by atoms with Crippen molar-refractivity contribution in [2.45, 2.75) is 25.9 Å². The van der Waals surface area contributed by atoms with E-state index in [-0.39, 0.29) is 34.4 Å². The van der Waals surface area contributed by atoms with Gasteiger partial charge in [0.2, 0.25) is 0 Å². The molecular formula is C22H18ClF2N7O. The average Bonchev–Trinajstić information content (AvgIpc) is 2.83. The molecule has 4 heterocycles. The van der Waals surface area contributed by atoms with E-state index in [1.807, 2.05) is 0 Å². The minimum Gasteiger partial charge on any atom is -0.382 e. The lowest BCUT2D eigenvalue weighted by atomic mass is 10.1. The molecule has 33 heavy (non-hydrogen) atoms. The van der Waals surface area contributed by atoms with Gasteiger partial charge in [-0.25, -0.2) is 28.7 Å². The third-order valence-corrected chi connectivity index (χ3v) is 5.32. The van der Waals surface area contributed by atoms with Crippen molar-refractivity contribution >= 4 is 34.4 Å². The lowest BCUT2D eigenvalue weighted by molar-refractivity contribution is 0.0663. The first-order chi connectivity index (χ1) is 15.8. The molecule has 4 rings (SSSR count). The van der Waals surface area contributed by atoms with Crippen LogP contribution in [0.1, 0.15) is 46.8 Å². The first-order valence-electron chi connectivity index (χ1n) is 9.86. The smallest absolute Gasteiger partial charge is 0.265 e. The Hall–Kier alpha value is -3.79. The lowest BCUT2D eigenvalue weighted by Crippen LogP contribution is -2.34. The summed E-state index contributed by atoms with van der Waals surface area (Å²) in [4.78, 5) is 36.0. The van der Waals surface area contributed by atoms with Crippen molar-refractivity contribution in [1.82, 2.24) is 29.8 Å². The summed E-state index contributed by atoms with van der Waals surface area (Å²) in [7, 11) is 0. The fraction of sp³-hybridized carbons (Fsp3) is 0.182. The molecule has 2 N–H and O–H groups in total. The molecule has 1 atom stereocenters. The van der Waals surface area contributed by atoms with Gasteiger partial charge in [-0.2, -0.15) is 0 Å². The van der Waals surface area contributed by atoms with Gasteiger partial charge in [0, 0.05) is 35.7 Å². The number of fused-ring (bicyclic) bond motifs is 1. The van der Waals surface area contributed by atoms with E-state index < -0.39 is 12.5 Å². The Labute approximate surface area is 192 Å². The standard InChI is InChI=1S/C22H18ClF2N7O/c1-12(20-27-5-2-6-28-20)32(11-16-4-3-13(9-29-16)18(24)25)22(33)15-7-14-8-17(23)19(26)31-21(14)30-10-15/h2-10,12,18H,11H2,1H3,(H2,26,30,31). The number of hydrogen-bond acceptors (Lipinski definition) is 7. The van der Waals surface area contributed by atoms with Crippen molar-refractivity contribution in [2.75, 3.05) is 5.73 Å². The molecule has 168 valence electrons. The van der Waals surface area contributed by atoms with Gasteiger partial charge in [-0.05, 0) is 37.3 Å². The second-order valence-corrected chi connectivity index (χ2v) is 7.63. The molecule has 0 radical (unpaired) electrons. The number of halogens is 3. The van der Waals surface area contributed by atoms with Crippen molar-refractivity contribution in [3.05, 3.63) is 82.8 Å². The number of anilines is 1. The molecule has 0 aliphatic heterocycles. The average molecular weight is 470 g/mol. The highest BCUT2D eigenvalue weighted by molar-refractivity contribution is 6.33. The summed E-state index contributed by atoms with van der Waals surface area (Å²) < 4.78 is 25.8. The van der Waals surface area contributed by atoms with Crippen molar-refractivity contribution < 1.29 is 13.6 Å². The second kappa shape index (κ2) is 9.37. The number of rotatable bonds is 6. The van der Waals surface area contributed by atoms with E-state index in [0.717, 1.165) is 6.20 Å². The predicted octanol–water partition coefficient (Wildman–Crippen LogP) is 4.39. The van der Waals surface area contributed by atoms with E-state index >= 15 is 0 Å². The molecule has 0 aliphatic carbocycles. The summed E-state index contributed by atoms with van der Waals surface area (Å²) in [6, 6.07) is 7.08. The highest BCUT2D eigenvalue weighted by Crippen LogP contribution is 2.26. The molecule has 0 fully saturated rings. The van der Waals surface area contributed by atoms with Crippen LogP contribution in [0.25, 0.3) is 11.0 Å². The summed E-state index contributed by atoms with van der Waals surface area (Å²) in [5.74, 6) is 0.184. The highest BCUT2D eigenvalue weighted by atomic mass is 35.5. The summed E-state index contributed by atoms with van der Waals surface area (Å²) in [5, 5.41) is 0.795. The topological polar surface area (TPSA) is 111 Å². The van der Waals surface area contributed by atoms with E-state index in [1.165, 1.54) is 23.2 Å². The van der Waals surface area contributed by atoms with Gasteiger partial charge in [0.25, 0.3) is 12.3 Å². The quantitative estimate of drug-likeness (QED) is 0.445. The van der Waals surface area contributed by atoms with Crippen molar-refractivity contribution in [1.29, 1.82) is 0 Å². The number of pyridine rings is 3. The number of nitrogens with two attached hydrogens (primary N) is 1. The molecule has 8 nitrogen and oxygen atoms in total. The fourth-order valence-corrected chi connectivity index (χ4v) is 3.38. The van der Waals surface area contributed by atoms with Gasteiger partial charge < -0.3 is 10.6 Å². The van der Waals surface area contributed by atoms with Crippen LogP contribution in [0.5, 0.6) is 0 Å². The Balaban J connectivity index is 1.70. The molecule has 11 heteroatoms. The molecule has 0 aliphatic rings. The number of carbonyl (C=O) groups excluding carboxylic acids is 1. The maximum atomic E-state index is 13.5. The molecule has 0 saturated carbocycles. The fourth-order valence-electron chi connectivity index (χ4n) is 3.22. The molecule has 0 spiro atoms. The second-order valence-electron chi connectivity index (χ2n) is 7.23. The van der Waals surface area contributed by atoms with Crippen molar-refractivity contribution in [3.8, 4) is 0 Å². The maximum Gasteiger partial charge on any atom is 0.265 e. The van der Waals surface area contributed by atoms with E-state index in [1.54, 1.807) is 37.5 Å². The van der Waals surface area contributed by atoms with Crippen LogP contribution in [-0.2, 0) is 6.54 Å². The third-order valence-electron chi connectivity index (χ3n) is 5.02. The van der Waals surface area contributed by atoms with Gasteiger partial charge in [-0.15, -0.1) is 0 Å². The highest BCUT2D eigenvalue weighted by Gasteiger charge is 2.26. The summed E-state index contributed by atoms with van der Waals surface area (Å²) in [6.45, 7) is 1.81. The van der Waals surface area contributed by atoms with Crippen LogP contribution >= 0.6 is 11.6 Å². The SMILES string of the molecule is CC(c1ncccn1)N(Cc1ccc(C(F)F)cn1)C(=O)c1cnc2nc(N)c(Cl)cc2c1. The molecule has 4 aromatic rings. The first kappa shape index (κ1) is 22.4. The van der Waals surface area contributed by atoms with Gasteiger partial charge >= 0.3 is 0 Å². The molecular weight excluding hydrogens is 452 g/mol. The maximum absolute atomic E-state index is 13.5. The van der Waals surface area contributed by atoms with Crippen LogP contribution in [0.3, 0.4) is 0 Å². The zero-order chi connectivity index (χ0) is 23.5. The Kier molecular flexibility index (Phi) is 6.36. The predicted molar refractivity (Wildman–Crippen MR) is 118 cm³/mol. The summed E-state index contributed by atoms with van der Waals surface area (Å²) in [6.07, 6.45) is 3.02. The number of amides is 1. The lowest BCUT2D eigenvalue weighted by Gasteiger charge is -2.28. The van der Waals surface area contributed by atoms with Crippen LogP contribution in [0.4, 0.5) is 14.6 Å². The van der Waals surface area contributed by atoms with Gasteiger partial charge in [0.15, 0.2) is 5.65 Å². The molecule has 4 aromatic heterocycles. The Bertz CT molecular complexity index is 1290. The molecule has 1 unspecified atom stereocenters. The monoisotopic (exact) mass is 469 g/mol. The van der Waals surface area contributed by atoms with Crippen LogP contribution in [0, 0.1) is 0 Å². The molecule has 0 saturated heterocycles. The number of carbonyl (C=O) groups is 1. The van der Waals surface area contributed by atoms with Crippen LogP contribution in [-0.4, -0.2) is 35.7 Å². The van der Waals surface area contributed by atoms with Gasteiger partial charge in [-0.1, -0.05) is 11.6 Å². The van der Waals surface area contributed by atoms with Gasteiger partial charge in [0.1, 0.15) is 11.6 Å². The van der Waals surface area contributed by atoms with E-state index in [2.05, 4.69) is 24.9 Å². The van der Waals surface area contributed by atoms with Crippen LogP contribution in [0.15, 0.2) is 55.1 Å². The third kappa shape index (κ3) is 4.85. The van der Waals surface area contributed by atoms with Gasteiger partial charge in [0.05, 0.1) is 28.9 Å². The summed E-state index contributed by atoms with van der Waals surface area (Å²) in [5.41, 5.74) is 6.59. The van der Waals surface area contributed by atoms with Crippen LogP contribution in [0.2, 0.25) is 5.02 Å². The molecule has 1 amide bonds. The van der Waals surface area contributed by atoms with Crippen molar-refractivity contribution in [2.24, 2.45) is 0 Å².